The predicted octanol–water partition coefficient (Wildman–Crippen LogP) is 5.37. The van der Waals surface area contributed by atoms with Gasteiger partial charge < -0.3 is 4.74 Å². The monoisotopic (exact) mass is 407 g/mol. The Balaban J connectivity index is 1.36. The number of hydrogen-bond donors (Lipinski definition) is 0. The second-order valence-corrected chi connectivity index (χ2v) is 9.08. The van der Waals surface area contributed by atoms with Crippen LogP contribution < -0.4 is 0 Å². The van der Waals surface area contributed by atoms with Crippen molar-refractivity contribution in [1.29, 1.82) is 0 Å². The first-order chi connectivity index (χ1) is 14.1. The smallest absolute Gasteiger partial charge is 0.338 e. The Labute approximate surface area is 177 Å². The molecule has 2 aromatic carbocycles. The van der Waals surface area contributed by atoms with Gasteiger partial charge in [0.15, 0.2) is 0 Å². The fourth-order valence-electron chi connectivity index (χ4n) is 5.54. The van der Waals surface area contributed by atoms with Gasteiger partial charge in [-0.1, -0.05) is 53.6 Å². The first-order valence-corrected chi connectivity index (χ1v) is 10.9. The van der Waals surface area contributed by atoms with Gasteiger partial charge in [0, 0.05) is 29.6 Å². The number of halogens is 1. The van der Waals surface area contributed by atoms with E-state index in [1.807, 2.05) is 37.3 Å². The van der Waals surface area contributed by atoms with Crippen LogP contribution in [0.25, 0.3) is 6.08 Å². The zero-order valence-corrected chi connectivity index (χ0v) is 17.4. The lowest BCUT2D eigenvalue weighted by Gasteiger charge is -2.51. The summed E-state index contributed by atoms with van der Waals surface area (Å²) in [6, 6.07) is 16.8. The Kier molecular flexibility index (Phi) is 4.97. The van der Waals surface area contributed by atoms with Gasteiger partial charge in [0.25, 0.3) is 0 Å². The number of carbonyl (C=O) groups is 1. The molecule has 0 radical (unpaired) electrons. The van der Waals surface area contributed by atoms with Gasteiger partial charge in [-0.05, 0) is 61.4 Å². The maximum atomic E-state index is 12.5. The molecule has 4 bridgehead atoms. The number of aryl methyl sites for hydroxylation is 1. The molecule has 4 fully saturated rings. The molecular formula is C25H26ClNO2. The number of nitrogens with zero attached hydrogens (tertiary/aromatic N) is 1. The second-order valence-electron chi connectivity index (χ2n) is 8.67. The molecule has 6 rings (SSSR count). The van der Waals surface area contributed by atoms with Crippen LogP contribution in [0.2, 0.25) is 5.02 Å². The molecule has 2 aromatic rings. The molecule has 4 aliphatic rings. The van der Waals surface area contributed by atoms with Gasteiger partial charge in [-0.3, -0.25) is 4.90 Å². The van der Waals surface area contributed by atoms with E-state index >= 15 is 0 Å². The van der Waals surface area contributed by atoms with Crippen molar-refractivity contribution in [2.75, 3.05) is 13.2 Å². The number of piperidine rings is 3. The third kappa shape index (κ3) is 3.51. The number of hydrogen-bond acceptors (Lipinski definition) is 3. The summed E-state index contributed by atoms with van der Waals surface area (Å²) >= 11 is 6.34. The average Bonchev–Trinajstić information content (AvgIpc) is 3.06. The molecule has 5 atom stereocenters. The largest absolute Gasteiger partial charge is 0.462 e. The Morgan fingerprint density at radius 2 is 2.03 bits per heavy atom. The van der Waals surface area contributed by atoms with Gasteiger partial charge >= 0.3 is 5.97 Å². The zero-order valence-electron chi connectivity index (χ0n) is 16.7. The highest BCUT2D eigenvalue weighted by Crippen LogP contribution is 2.50. The maximum Gasteiger partial charge on any atom is 0.338 e. The molecule has 3 nitrogen and oxygen atoms in total. The lowest BCUT2D eigenvalue weighted by atomic mass is 9.71. The quantitative estimate of drug-likeness (QED) is 0.638. The van der Waals surface area contributed by atoms with E-state index in [-0.39, 0.29) is 5.97 Å². The number of esters is 1. The van der Waals surface area contributed by atoms with E-state index in [0.29, 0.717) is 36.1 Å². The van der Waals surface area contributed by atoms with E-state index in [2.05, 4.69) is 29.2 Å². The first-order valence-electron chi connectivity index (χ1n) is 10.5. The van der Waals surface area contributed by atoms with Crippen molar-refractivity contribution < 1.29 is 9.53 Å². The van der Waals surface area contributed by atoms with E-state index in [9.17, 15) is 4.79 Å². The van der Waals surface area contributed by atoms with Crippen molar-refractivity contribution in [3.05, 3.63) is 75.8 Å². The molecule has 4 saturated heterocycles. The van der Waals surface area contributed by atoms with E-state index < -0.39 is 0 Å². The molecule has 0 spiro atoms. The molecule has 0 aliphatic carbocycles. The number of carbonyl (C=O) groups excluding carboxylic acids is 1. The third-order valence-electron chi connectivity index (χ3n) is 7.03. The lowest BCUT2D eigenvalue weighted by Crippen LogP contribution is -2.57. The first kappa shape index (κ1) is 18.9. The van der Waals surface area contributed by atoms with Crippen LogP contribution in [0.4, 0.5) is 0 Å². The summed E-state index contributed by atoms with van der Waals surface area (Å²) in [5.41, 5.74) is 4.35. The van der Waals surface area contributed by atoms with Crippen molar-refractivity contribution in [1.82, 2.24) is 4.90 Å². The molecule has 4 aliphatic heterocycles. The molecule has 0 saturated carbocycles. The van der Waals surface area contributed by atoms with Crippen molar-refractivity contribution in [3.8, 4) is 0 Å². The van der Waals surface area contributed by atoms with Gasteiger partial charge in [-0.15, -0.1) is 0 Å². The summed E-state index contributed by atoms with van der Waals surface area (Å²) in [7, 11) is 0. The van der Waals surface area contributed by atoms with Crippen molar-refractivity contribution in [3.63, 3.8) is 0 Å². The van der Waals surface area contributed by atoms with Crippen LogP contribution in [0.3, 0.4) is 0 Å². The summed E-state index contributed by atoms with van der Waals surface area (Å²) in [6.07, 6.45) is 5.98. The van der Waals surface area contributed by atoms with E-state index in [1.165, 1.54) is 24.8 Å². The second kappa shape index (κ2) is 7.62. The standard InChI is InChI=1S/C25H26ClNO2/c1-16-7-8-17(12-23(16)26)11-19-14-27-20-9-10-24(27)22(21(19)13-20)15-29-25(28)18-5-3-2-4-6-18/h2-8,11-12,20-22,24H,9-10,13-15H2,1H3/b19-11+. The summed E-state index contributed by atoms with van der Waals surface area (Å²) in [5.74, 6) is 0.649. The van der Waals surface area contributed by atoms with Gasteiger partial charge in [0.2, 0.25) is 0 Å². The number of rotatable bonds is 4. The normalized spacial score (nSPS) is 31.2. The minimum absolute atomic E-state index is 0.215. The van der Waals surface area contributed by atoms with Crippen LogP contribution in [0.5, 0.6) is 0 Å². The van der Waals surface area contributed by atoms with E-state index in [0.717, 1.165) is 22.7 Å². The molecule has 29 heavy (non-hydrogen) atoms. The highest BCUT2D eigenvalue weighted by atomic mass is 35.5. The fraction of sp³-hybridized carbons (Fsp3) is 0.400. The molecular weight excluding hydrogens is 382 g/mol. The van der Waals surface area contributed by atoms with Gasteiger partial charge in [0.1, 0.15) is 0 Å². The Morgan fingerprint density at radius 3 is 2.83 bits per heavy atom. The summed E-state index contributed by atoms with van der Waals surface area (Å²) in [6.45, 7) is 3.56. The molecule has 150 valence electrons. The topological polar surface area (TPSA) is 29.5 Å². The van der Waals surface area contributed by atoms with Crippen molar-refractivity contribution in [2.45, 2.75) is 38.3 Å². The van der Waals surface area contributed by atoms with Crippen LogP contribution in [0, 0.1) is 18.8 Å². The van der Waals surface area contributed by atoms with Gasteiger partial charge in [0.05, 0.1) is 12.2 Å². The fourth-order valence-corrected chi connectivity index (χ4v) is 5.73. The molecule has 0 N–H and O–H groups in total. The number of fused-ring (bicyclic) bond motifs is 1. The molecule has 0 amide bonds. The average molecular weight is 408 g/mol. The summed E-state index contributed by atoms with van der Waals surface area (Å²) in [5, 5.41) is 0.814. The molecule has 0 aromatic heterocycles. The van der Waals surface area contributed by atoms with Gasteiger partial charge in [-0.2, -0.15) is 0 Å². The van der Waals surface area contributed by atoms with Crippen LogP contribution in [0.15, 0.2) is 54.1 Å². The third-order valence-corrected chi connectivity index (χ3v) is 7.44. The van der Waals surface area contributed by atoms with E-state index in [1.54, 1.807) is 0 Å². The minimum Gasteiger partial charge on any atom is -0.462 e. The summed E-state index contributed by atoms with van der Waals surface area (Å²) in [4.78, 5) is 15.1. The number of ether oxygens (including phenoxy) is 1. The number of benzene rings is 2. The van der Waals surface area contributed by atoms with E-state index in [4.69, 9.17) is 16.3 Å². The van der Waals surface area contributed by atoms with Crippen LogP contribution >= 0.6 is 11.6 Å². The summed E-state index contributed by atoms with van der Waals surface area (Å²) < 4.78 is 5.79. The minimum atomic E-state index is -0.215. The van der Waals surface area contributed by atoms with Crippen LogP contribution in [-0.2, 0) is 4.74 Å². The van der Waals surface area contributed by atoms with Crippen LogP contribution in [-0.4, -0.2) is 36.1 Å². The molecule has 4 heterocycles. The predicted molar refractivity (Wildman–Crippen MR) is 116 cm³/mol. The maximum absolute atomic E-state index is 12.5. The zero-order chi connectivity index (χ0) is 20.0. The SMILES string of the molecule is Cc1ccc(/C=C2\CN3C4CCC3C(COC(=O)c3ccccc3)C2C4)cc1Cl. The van der Waals surface area contributed by atoms with Crippen molar-refractivity contribution in [2.24, 2.45) is 11.8 Å². The highest BCUT2D eigenvalue weighted by molar-refractivity contribution is 6.31. The van der Waals surface area contributed by atoms with Crippen molar-refractivity contribution >= 4 is 23.6 Å². The van der Waals surface area contributed by atoms with Gasteiger partial charge in [-0.25, -0.2) is 4.79 Å². The van der Waals surface area contributed by atoms with Crippen LogP contribution in [0.1, 0.15) is 40.7 Å². The molecule has 5 unspecified atom stereocenters. The molecule has 4 heteroatoms. The Bertz CT molecular complexity index is 955. The highest BCUT2D eigenvalue weighted by Gasteiger charge is 2.52. The Morgan fingerprint density at radius 1 is 1.21 bits per heavy atom. The Hall–Kier alpha value is -2.10. The lowest BCUT2D eigenvalue weighted by molar-refractivity contribution is -0.0150.